The first-order chi connectivity index (χ1) is 12.1. The Morgan fingerprint density at radius 2 is 1.44 bits per heavy atom. The van der Waals surface area contributed by atoms with Crippen LogP contribution in [0.15, 0.2) is 66.7 Å². The number of nitrogens with zero attached hydrogens (tertiary/aromatic N) is 2. The number of aromatic nitrogens is 2. The van der Waals surface area contributed by atoms with E-state index < -0.39 is 11.6 Å². The number of hydrogen-bond donors (Lipinski definition) is 1. The van der Waals surface area contributed by atoms with Crippen LogP contribution in [0.2, 0.25) is 0 Å². The van der Waals surface area contributed by atoms with Crippen LogP contribution in [0.5, 0.6) is 0 Å². The second kappa shape index (κ2) is 5.94. The van der Waals surface area contributed by atoms with Crippen molar-refractivity contribution < 1.29 is 8.78 Å². The zero-order chi connectivity index (χ0) is 17.4. The Labute approximate surface area is 142 Å². The number of anilines is 1. The third-order valence-corrected chi connectivity index (χ3v) is 3.99. The SMILES string of the molecule is Nc1cccc(F)c1-c1nc(-c2ccccc2)c2c(F)cccc2n1. The minimum atomic E-state index is -0.519. The quantitative estimate of drug-likeness (QED) is 0.535. The molecule has 1 heterocycles. The second-order valence-corrected chi connectivity index (χ2v) is 5.60. The summed E-state index contributed by atoms with van der Waals surface area (Å²) in [6, 6.07) is 18.2. The third kappa shape index (κ3) is 2.59. The van der Waals surface area contributed by atoms with Gasteiger partial charge in [0.25, 0.3) is 0 Å². The van der Waals surface area contributed by atoms with E-state index in [0.717, 1.165) is 5.56 Å². The summed E-state index contributed by atoms with van der Waals surface area (Å²) in [5, 5.41) is 0.298. The topological polar surface area (TPSA) is 51.8 Å². The van der Waals surface area contributed by atoms with Gasteiger partial charge in [0.05, 0.1) is 22.2 Å². The Balaban J connectivity index is 2.10. The molecule has 0 spiro atoms. The van der Waals surface area contributed by atoms with Crippen molar-refractivity contribution in [2.75, 3.05) is 5.73 Å². The molecule has 2 N–H and O–H groups in total. The maximum atomic E-state index is 14.4. The molecular formula is C20H13F2N3. The van der Waals surface area contributed by atoms with Crippen LogP contribution in [0.1, 0.15) is 0 Å². The molecule has 0 radical (unpaired) electrons. The van der Waals surface area contributed by atoms with Crippen LogP contribution in [0, 0.1) is 11.6 Å². The molecule has 0 bridgehead atoms. The molecule has 0 saturated carbocycles. The van der Waals surface area contributed by atoms with Crippen LogP contribution in [-0.2, 0) is 0 Å². The Bertz CT molecular complexity index is 1060. The monoisotopic (exact) mass is 333 g/mol. The number of halogens is 2. The first-order valence-corrected chi connectivity index (χ1v) is 7.71. The van der Waals surface area contributed by atoms with E-state index in [-0.39, 0.29) is 17.1 Å². The lowest BCUT2D eigenvalue weighted by atomic mass is 10.0. The number of nitrogen functional groups attached to an aromatic ring is 1. The van der Waals surface area contributed by atoms with Crippen molar-refractivity contribution in [1.82, 2.24) is 9.97 Å². The molecule has 5 heteroatoms. The Morgan fingerprint density at radius 3 is 2.20 bits per heavy atom. The van der Waals surface area contributed by atoms with Gasteiger partial charge < -0.3 is 5.73 Å². The highest BCUT2D eigenvalue weighted by Gasteiger charge is 2.18. The molecule has 0 saturated heterocycles. The maximum absolute atomic E-state index is 14.4. The fraction of sp³-hybridized carbons (Fsp3) is 0. The third-order valence-electron chi connectivity index (χ3n) is 3.99. The maximum Gasteiger partial charge on any atom is 0.165 e. The number of nitrogens with two attached hydrogens (primary N) is 1. The van der Waals surface area contributed by atoms with Crippen molar-refractivity contribution in [2.45, 2.75) is 0 Å². The number of hydrogen-bond acceptors (Lipinski definition) is 3. The predicted octanol–water partition coefficient (Wildman–Crippen LogP) is 4.82. The molecule has 0 unspecified atom stereocenters. The Morgan fingerprint density at radius 1 is 0.720 bits per heavy atom. The fourth-order valence-corrected chi connectivity index (χ4v) is 2.83. The van der Waals surface area contributed by atoms with Crippen LogP contribution in [0.4, 0.5) is 14.5 Å². The van der Waals surface area contributed by atoms with Crippen molar-refractivity contribution in [2.24, 2.45) is 0 Å². The summed E-state index contributed by atoms with van der Waals surface area (Å²) in [7, 11) is 0. The van der Waals surface area contributed by atoms with E-state index in [4.69, 9.17) is 5.73 Å². The molecule has 0 atom stereocenters. The molecule has 0 fully saturated rings. The molecule has 3 aromatic carbocycles. The van der Waals surface area contributed by atoms with Crippen molar-refractivity contribution in [3.8, 4) is 22.6 Å². The van der Waals surface area contributed by atoms with Crippen LogP contribution in [-0.4, -0.2) is 9.97 Å². The summed E-state index contributed by atoms with van der Waals surface area (Å²) in [5.41, 5.74) is 7.79. The fourth-order valence-electron chi connectivity index (χ4n) is 2.83. The standard InChI is InChI=1S/C20H13F2N3/c21-13-8-4-10-15(23)17(13)20-24-16-11-5-9-14(22)18(16)19(25-20)12-6-2-1-3-7-12/h1-11H,23H2. The van der Waals surface area contributed by atoms with Gasteiger partial charge in [0.2, 0.25) is 0 Å². The van der Waals surface area contributed by atoms with E-state index in [1.807, 2.05) is 30.3 Å². The van der Waals surface area contributed by atoms with Crippen LogP contribution >= 0.6 is 0 Å². The molecule has 25 heavy (non-hydrogen) atoms. The van der Waals surface area contributed by atoms with Gasteiger partial charge in [-0.05, 0) is 24.3 Å². The largest absolute Gasteiger partial charge is 0.398 e. The first kappa shape index (κ1) is 15.2. The Kier molecular flexibility index (Phi) is 3.61. The van der Waals surface area contributed by atoms with Gasteiger partial charge in [-0.3, -0.25) is 0 Å². The highest BCUT2D eigenvalue weighted by Crippen LogP contribution is 2.33. The smallest absolute Gasteiger partial charge is 0.165 e. The lowest BCUT2D eigenvalue weighted by Crippen LogP contribution is -2.01. The summed E-state index contributed by atoms with van der Waals surface area (Å²) in [4.78, 5) is 8.80. The van der Waals surface area contributed by atoms with Crippen molar-refractivity contribution in [1.29, 1.82) is 0 Å². The van der Waals surface area contributed by atoms with Gasteiger partial charge in [0.15, 0.2) is 5.82 Å². The summed E-state index contributed by atoms with van der Waals surface area (Å²) in [5.74, 6) is -0.813. The molecule has 4 aromatic rings. The van der Waals surface area contributed by atoms with Gasteiger partial charge in [0.1, 0.15) is 11.6 Å². The first-order valence-electron chi connectivity index (χ1n) is 7.71. The molecule has 0 aliphatic rings. The van der Waals surface area contributed by atoms with Gasteiger partial charge in [-0.1, -0.05) is 42.5 Å². The van der Waals surface area contributed by atoms with Gasteiger partial charge in [-0.25, -0.2) is 18.7 Å². The normalized spacial score (nSPS) is 11.0. The van der Waals surface area contributed by atoms with E-state index in [9.17, 15) is 8.78 Å². The number of fused-ring (bicyclic) bond motifs is 1. The highest BCUT2D eigenvalue weighted by molar-refractivity contribution is 5.94. The van der Waals surface area contributed by atoms with Crippen molar-refractivity contribution in [3.63, 3.8) is 0 Å². The molecule has 0 amide bonds. The summed E-state index contributed by atoms with van der Waals surface area (Å²) < 4.78 is 28.8. The van der Waals surface area contributed by atoms with Gasteiger partial charge in [0, 0.05) is 11.3 Å². The molecule has 122 valence electrons. The molecule has 0 aliphatic heterocycles. The van der Waals surface area contributed by atoms with E-state index >= 15 is 0 Å². The summed E-state index contributed by atoms with van der Waals surface area (Å²) in [6.45, 7) is 0. The number of benzene rings is 3. The summed E-state index contributed by atoms with van der Waals surface area (Å²) in [6.07, 6.45) is 0. The minimum Gasteiger partial charge on any atom is -0.398 e. The van der Waals surface area contributed by atoms with E-state index in [1.54, 1.807) is 18.2 Å². The van der Waals surface area contributed by atoms with Crippen LogP contribution in [0.3, 0.4) is 0 Å². The second-order valence-electron chi connectivity index (χ2n) is 5.60. The van der Waals surface area contributed by atoms with E-state index in [0.29, 0.717) is 16.6 Å². The lowest BCUT2D eigenvalue weighted by molar-refractivity contribution is 0.630. The molecule has 1 aromatic heterocycles. The predicted molar refractivity (Wildman–Crippen MR) is 94.7 cm³/mol. The van der Waals surface area contributed by atoms with Crippen molar-refractivity contribution >= 4 is 16.6 Å². The highest BCUT2D eigenvalue weighted by atomic mass is 19.1. The molecular weight excluding hydrogens is 320 g/mol. The molecule has 3 nitrogen and oxygen atoms in total. The number of rotatable bonds is 2. The van der Waals surface area contributed by atoms with Gasteiger partial charge in [-0.2, -0.15) is 0 Å². The van der Waals surface area contributed by atoms with Gasteiger partial charge >= 0.3 is 0 Å². The summed E-state index contributed by atoms with van der Waals surface area (Å²) >= 11 is 0. The van der Waals surface area contributed by atoms with Crippen LogP contribution in [0.25, 0.3) is 33.5 Å². The zero-order valence-electron chi connectivity index (χ0n) is 13.1. The molecule has 0 aliphatic carbocycles. The van der Waals surface area contributed by atoms with Crippen LogP contribution < -0.4 is 5.73 Å². The Hall–Kier alpha value is -3.34. The van der Waals surface area contributed by atoms with E-state index in [2.05, 4.69) is 9.97 Å². The van der Waals surface area contributed by atoms with Gasteiger partial charge in [-0.15, -0.1) is 0 Å². The van der Waals surface area contributed by atoms with Crippen molar-refractivity contribution in [3.05, 3.63) is 78.4 Å². The average Bonchev–Trinajstić information content (AvgIpc) is 2.62. The average molecular weight is 333 g/mol. The molecule has 4 rings (SSSR count). The zero-order valence-corrected chi connectivity index (χ0v) is 13.1. The van der Waals surface area contributed by atoms with E-state index in [1.165, 1.54) is 18.2 Å². The lowest BCUT2D eigenvalue weighted by Gasteiger charge is -2.11. The minimum absolute atomic E-state index is 0.117.